The maximum absolute atomic E-state index is 12.1. The van der Waals surface area contributed by atoms with Gasteiger partial charge in [-0.25, -0.2) is 4.79 Å². The van der Waals surface area contributed by atoms with Crippen LogP contribution in [-0.4, -0.2) is 75.0 Å². The zero-order valence-corrected chi connectivity index (χ0v) is 17.5. The zero-order valence-electron chi connectivity index (χ0n) is 17.5. The van der Waals surface area contributed by atoms with Gasteiger partial charge in [0.05, 0.1) is 23.9 Å². The van der Waals surface area contributed by atoms with Gasteiger partial charge in [-0.05, 0) is 30.7 Å². The summed E-state index contributed by atoms with van der Waals surface area (Å²) in [5.74, 6) is -1.86. The molecule has 1 unspecified atom stereocenters. The second kappa shape index (κ2) is 10.6. The van der Waals surface area contributed by atoms with E-state index in [1.54, 1.807) is 19.2 Å². The van der Waals surface area contributed by atoms with Crippen LogP contribution < -0.4 is 0 Å². The number of rotatable bonds is 10. The Morgan fingerprint density at radius 3 is 2.13 bits per heavy atom. The van der Waals surface area contributed by atoms with E-state index in [4.69, 9.17) is 4.84 Å². The molecule has 166 valence electrons. The number of likely N-dealkylation sites (N-methyl/N-ethyl adjacent to an activating group) is 1. The molecule has 9 heteroatoms. The van der Waals surface area contributed by atoms with Gasteiger partial charge in [0, 0.05) is 32.4 Å². The molecule has 1 aromatic rings. The van der Waals surface area contributed by atoms with E-state index in [0.29, 0.717) is 11.6 Å². The van der Waals surface area contributed by atoms with Crippen molar-refractivity contribution >= 4 is 17.8 Å². The lowest BCUT2D eigenvalue weighted by molar-refractivity contribution is -0.172. The standard InChI is InChI=1S/C21H30N2O7/c1-13(2)16(24)10-17(25)18(26)12-22(3)11-14-4-6-15(7-5-14)21(29)30-23-19(27)8-9-20(23)28/h4-7,13,16-18,24-26H,8-12H2,1-3H3/t16-,17-,18?/m0/s1. The van der Waals surface area contributed by atoms with Gasteiger partial charge in [0.15, 0.2) is 0 Å². The number of imide groups is 1. The summed E-state index contributed by atoms with van der Waals surface area (Å²) in [4.78, 5) is 41.9. The van der Waals surface area contributed by atoms with Gasteiger partial charge < -0.3 is 20.2 Å². The molecule has 3 atom stereocenters. The quantitative estimate of drug-likeness (QED) is 0.464. The Labute approximate surface area is 175 Å². The first-order valence-electron chi connectivity index (χ1n) is 9.98. The predicted octanol–water partition coefficient (Wildman–Crippen LogP) is 0.468. The average Bonchev–Trinajstić information content (AvgIpc) is 3.00. The van der Waals surface area contributed by atoms with Crippen molar-refractivity contribution in [1.82, 2.24) is 9.96 Å². The largest absolute Gasteiger partial charge is 0.393 e. The fraction of sp³-hybridized carbons (Fsp3) is 0.571. The number of amides is 2. The van der Waals surface area contributed by atoms with Crippen LogP contribution in [0.2, 0.25) is 0 Å². The normalized spacial score (nSPS) is 17.5. The van der Waals surface area contributed by atoms with Crippen LogP contribution in [0.25, 0.3) is 0 Å². The van der Waals surface area contributed by atoms with Crippen molar-refractivity contribution in [2.45, 2.75) is 58.0 Å². The minimum absolute atomic E-state index is 0.00325. The second-order valence-corrected chi connectivity index (χ2v) is 8.04. The Hall–Kier alpha value is -2.33. The molecule has 2 rings (SSSR count). The van der Waals surface area contributed by atoms with E-state index < -0.39 is 36.1 Å². The van der Waals surface area contributed by atoms with Gasteiger partial charge in [0.2, 0.25) is 0 Å². The molecule has 0 aromatic heterocycles. The summed E-state index contributed by atoms with van der Waals surface area (Å²) in [6.07, 6.45) is -2.54. The van der Waals surface area contributed by atoms with E-state index in [-0.39, 0.29) is 37.3 Å². The second-order valence-electron chi connectivity index (χ2n) is 8.04. The molecular weight excluding hydrogens is 392 g/mol. The van der Waals surface area contributed by atoms with Gasteiger partial charge in [-0.1, -0.05) is 26.0 Å². The van der Waals surface area contributed by atoms with Crippen molar-refractivity contribution in [1.29, 1.82) is 0 Å². The SMILES string of the molecule is CC(C)[C@@H](O)C[C@H](O)C(O)CN(C)Cc1ccc(C(=O)ON2C(=O)CCC2=O)cc1. The van der Waals surface area contributed by atoms with Crippen LogP contribution in [0, 0.1) is 5.92 Å². The molecule has 1 saturated heterocycles. The fourth-order valence-corrected chi connectivity index (χ4v) is 3.03. The van der Waals surface area contributed by atoms with Crippen molar-refractivity contribution < 1.29 is 34.5 Å². The van der Waals surface area contributed by atoms with E-state index in [0.717, 1.165) is 5.56 Å². The van der Waals surface area contributed by atoms with Crippen molar-refractivity contribution in [2.24, 2.45) is 5.92 Å². The number of carbonyl (C=O) groups is 3. The lowest BCUT2D eigenvalue weighted by atomic mass is 9.98. The summed E-state index contributed by atoms with van der Waals surface area (Å²) >= 11 is 0. The highest BCUT2D eigenvalue weighted by Gasteiger charge is 2.33. The van der Waals surface area contributed by atoms with Crippen molar-refractivity contribution in [3.63, 3.8) is 0 Å². The van der Waals surface area contributed by atoms with Crippen molar-refractivity contribution in [2.75, 3.05) is 13.6 Å². The lowest BCUT2D eigenvalue weighted by Crippen LogP contribution is -2.39. The lowest BCUT2D eigenvalue weighted by Gasteiger charge is -2.26. The summed E-state index contributed by atoms with van der Waals surface area (Å²) < 4.78 is 0. The summed E-state index contributed by atoms with van der Waals surface area (Å²) in [6, 6.07) is 6.46. The summed E-state index contributed by atoms with van der Waals surface area (Å²) in [5.41, 5.74) is 1.05. The fourth-order valence-electron chi connectivity index (χ4n) is 3.03. The highest BCUT2D eigenvalue weighted by Crippen LogP contribution is 2.16. The maximum Gasteiger partial charge on any atom is 0.363 e. The average molecular weight is 422 g/mol. The summed E-state index contributed by atoms with van der Waals surface area (Å²) in [6.45, 7) is 4.34. The molecule has 0 aliphatic carbocycles. The number of hydroxylamine groups is 2. The molecule has 1 fully saturated rings. The number of aliphatic hydroxyl groups is 3. The number of hydrogen-bond donors (Lipinski definition) is 3. The molecule has 1 aliphatic heterocycles. The molecular formula is C21H30N2O7. The smallest absolute Gasteiger partial charge is 0.363 e. The maximum atomic E-state index is 12.1. The van der Waals surface area contributed by atoms with Crippen LogP contribution in [-0.2, 0) is 21.0 Å². The highest BCUT2D eigenvalue weighted by atomic mass is 16.7. The van der Waals surface area contributed by atoms with Crippen LogP contribution in [0.1, 0.15) is 49.0 Å². The topological polar surface area (TPSA) is 128 Å². The highest BCUT2D eigenvalue weighted by molar-refractivity contribution is 6.02. The van der Waals surface area contributed by atoms with Crippen LogP contribution in [0.15, 0.2) is 24.3 Å². The monoisotopic (exact) mass is 422 g/mol. The van der Waals surface area contributed by atoms with Crippen LogP contribution >= 0.6 is 0 Å². The number of nitrogens with zero attached hydrogens (tertiary/aromatic N) is 2. The molecule has 0 saturated carbocycles. The van der Waals surface area contributed by atoms with Gasteiger partial charge in [0.25, 0.3) is 11.8 Å². The summed E-state index contributed by atoms with van der Waals surface area (Å²) in [5, 5.41) is 30.6. The van der Waals surface area contributed by atoms with E-state index in [1.807, 2.05) is 18.7 Å². The third-order valence-corrected chi connectivity index (χ3v) is 5.02. The molecule has 9 nitrogen and oxygen atoms in total. The Kier molecular flexibility index (Phi) is 8.48. The molecule has 1 aromatic carbocycles. The molecule has 3 N–H and O–H groups in total. The first-order chi connectivity index (χ1) is 14.1. The van der Waals surface area contributed by atoms with Crippen molar-refractivity contribution in [3.05, 3.63) is 35.4 Å². The minimum atomic E-state index is -1.03. The van der Waals surface area contributed by atoms with Gasteiger partial charge in [-0.3, -0.25) is 14.5 Å². The first kappa shape index (κ1) is 23.9. The summed E-state index contributed by atoms with van der Waals surface area (Å²) in [7, 11) is 1.78. The van der Waals surface area contributed by atoms with Gasteiger partial charge in [-0.15, -0.1) is 5.06 Å². The van der Waals surface area contributed by atoms with Gasteiger partial charge in [-0.2, -0.15) is 0 Å². The van der Waals surface area contributed by atoms with E-state index >= 15 is 0 Å². The minimum Gasteiger partial charge on any atom is -0.393 e. The van der Waals surface area contributed by atoms with Crippen LogP contribution in [0.3, 0.4) is 0 Å². The zero-order chi connectivity index (χ0) is 22.4. The molecule has 0 spiro atoms. The van der Waals surface area contributed by atoms with E-state index in [2.05, 4.69) is 0 Å². The molecule has 30 heavy (non-hydrogen) atoms. The number of benzene rings is 1. The molecule has 0 bridgehead atoms. The Morgan fingerprint density at radius 1 is 1.03 bits per heavy atom. The molecule has 1 heterocycles. The van der Waals surface area contributed by atoms with Gasteiger partial charge >= 0.3 is 5.97 Å². The number of hydrogen-bond acceptors (Lipinski definition) is 8. The molecule has 0 radical (unpaired) electrons. The number of carbonyl (C=O) groups excluding carboxylic acids is 3. The van der Waals surface area contributed by atoms with Crippen molar-refractivity contribution in [3.8, 4) is 0 Å². The Morgan fingerprint density at radius 2 is 1.60 bits per heavy atom. The van der Waals surface area contributed by atoms with E-state index in [1.165, 1.54) is 12.1 Å². The van der Waals surface area contributed by atoms with Gasteiger partial charge in [0.1, 0.15) is 0 Å². The third kappa shape index (κ3) is 6.60. The predicted molar refractivity (Wildman–Crippen MR) is 107 cm³/mol. The Bertz CT molecular complexity index is 734. The number of aliphatic hydroxyl groups excluding tert-OH is 3. The van der Waals surface area contributed by atoms with Crippen LogP contribution in [0.5, 0.6) is 0 Å². The first-order valence-corrected chi connectivity index (χ1v) is 9.98. The van der Waals surface area contributed by atoms with Crippen LogP contribution in [0.4, 0.5) is 0 Å². The molecule has 1 aliphatic rings. The molecule has 2 amide bonds. The Balaban J connectivity index is 1.85. The van der Waals surface area contributed by atoms with E-state index in [9.17, 15) is 29.7 Å². The third-order valence-electron chi connectivity index (χ3n) is 5.02.